The van der Waals surface area contributed by atoms with Crippen molar-refractivity contribution in [2.75, 3.05) is 16.8 Å². The monoisotopic (exact) mass is 348 g/mol. The maximum absolute atomic E-state index is 12.6. The fourth-order valence-corrected chi connectivity index (χ4v) is 3.42. The van der Waals surface area contributed by atoms with Crippen LogP contribution >= 0.6 is 0 Å². The lowest BCUT2D eigenvalue weighted by molar-refractivity contribution is -0.121. The highest BCUT2D eigenvalue weighted by Gasteiger charge is 2.24. The molecule has 0 saturated carbocycles. The van der Waals surface area contributed by atoms with E-state index in [0.717, 1.165) is 35.1 Å². The van der Waals surface area contributed by atoms with Crippen LogP contribution in [0.4, 0.5) is 11.6 Å². The SMILES string of the molecule is Cn1c(NC(=O)CN2C(=O)CCCc3ccccc32)nc2ccccc21. The second-order valence-electron chi connectivity index (χ2n) is 6.49. The molecule has 0 bridgehead atoms. The van der Waals surface area contributed by atoms with E-state index in [-0.39, 0.29) is 18.4 Å². The molecule has 1 aliphatic heterocycles. The Balaban J connectivity index is 1.57. The molecular formula is C20H20N4O2. The number of benzene rings is 2. The molecule has 6 heteroatoms. The summed E-state index contributed by atoms with van der Waals surface area (Å²) in [6.45, 7) is -0.0148. The summed E-state index contributed by atoms with van der Waals surface area (Å²) in [4.78, 5) is 31.2. The maximum Gasteiger partial charge on any atom is 0.246 e. The van der Waals surface area contributed by atoms with Crippen molar-refractivity contribution in [3.8, 4) is 0 Å². The van der Waals surface area contributed by atoms with Crippen LogP contribution in [0.5, 0.6) is 0 Å². The van der Waals surface area contributed by atoms with Gasteiger partial charge in [0.05, 0.1) is 11.0 Å². The van der Waals surface area contributed by atoms with Crippen molar-refractivity contribution in [2.45, 2.75) is 19.3 Å². The summed E-state index contributed by atoms with van der Waals surface area (Å²) in [7, 11) is 1.86. The first-order valence-electron chi connectivity index (χ1n) is 8.73. The number of aryl methyl sites for hydroxylation is 2. The summed E-state index contributed by atoms with van der Waals surface area (Å²) in [5.74, 6) is 0.204. The lowest BCUT2D eigenvalue weighted by Crippen LogP contribution is -2.38. The molecule has 2 amide bonds. The average molecular weight is 348 g/mol. The van der Waals surface area contributed by atoms with Gasteiger partial charge in [0, 0.05) is 19.2 Å². The second kappa shape index (κ2) is 6.63. The molecule has 0 fully saturated rings. The molecule has 0 saturated heterocycles. The van der Waals surface area contributed by atoms with Gasteiger partial charge in [-0.25, -0.2) is 4.98 Å². The molecular weight excluding hydrogens is 328 g/mol. The van der Waals surface area contributed by atoms with Crippen molar-refractivity contribution < 1.29 is 9.59 Å². The van der Waals surface area contributed by atoms with Crippen LogP contribution in [-0.4, -0.2) is 27.9 Å². The van der Waals surface area contributed by atoms with Crippen molar-refractivity contribution >= 4 is 34.5 Å². The molecule has 4 rings (SSSR count). The summed E-state index contributed by atoms with van der Waals surface area (Å²) >= 11 is 0. The molecule has 26 heavy (non-hydrogen) atoms. The molecule has 1 N–H and O–H groups in total. The largest absolute Gasteiger partial charge is 0.313 e. The number of para-hydroxylation sites is 3. The van der Waals surface area contributed by atoms with E-state index in [4.69, 9.17) is 0 Å². The summed E-state index contributed by atoms with van der Waals surface area (Å²) in [6.07, 6.45) is 2.11. The zero-order valence-corrected chi connectivity index (χ0v) is 14.6. The minimum Gasteiger partial charge on any atom is -0.313 e. The Morgan fingerprint density at radius 3 is 2.73 bits per heavy atom. The number of nitrogens with one attached hydrogen (secondary N) is 1. The van der Waals surface area contributed by atoms with Gasteiger partial charge in [0.15, 0.2) is 0 Å². The minimum atomic E-state index is -0.256. The molecule has 132 valence electrons. The molecule has 2 aromatic carbocycles. The summed E-state index contributed by atoms with van der Waals surface area (Å²) in [5.41, 5.74) is 3.70. The van der Waals surface area contributed by atoms with Crippen LogP contribution in [-0.2, 0) is 23.1 Å². The highest BCUT2D eigenvalue weighted by atomic mass is 16.2. The van der Waals surface area contributed by atoms with E-state index in [1.54, 1.807) is 4.90 Å². The predicted octanol–water partition coefficient (Wildman–Crippen LogP) is 2.88. The number of amides is 2. The lowest BCUT2D eigenvalue weighted by atomic mass is 10.1. The van der Waals surface area contributed by atoms with Gasteiger partial charge < -0.3 is 9.47 Å². The number of fused-ring (bicyclic) bond motifs is 2. The number of carbonyl (C=O) groups excluding carboxylic acids is 2. The van der Waals surface area contributed by atoms with Crippen LogP contribution in [0.3, 0.4) is 0 Å². The van der Waals surface area contributed by atoms with E-state index in [1.165, 1.54) is 0 Å². The van der Waals surface area contributed by atoms with Gasteiger partial charge in [0.2, 0.25) is 17.8 Å². The molecule has 6 nitrogen and oxygen atoms in total. The van der Waals surface area contributed by atoms with Gasteiger partial charge in [0.1, 0.15) is 6.54 Å². The Bertz CT molecular complexity index is 992. The van der Waals surface area contributed by atoms with Crippen LogP contribution in [0.1, 0.15) is 18.4 Å². The third-order valence-corrected chi connectivity index (χ3v) is 4.76. The molecule has 1 aliphatic rings. The zero-order chi connectivity index (χ0) is 18.1. The predicted molar refractivity (Wildman–Crippen MR) is 101 cm³/mol. The first-order chi connectivity index (χ1) is 12.6. The Morgan fingerprint density at radius 2 is 1.88 bits per heavy atom. The van der Waals surface area contributed by atoms with Gasteiger partial charge in [-0.15, -0.1) is 0 Å². The summed E-state index contributed by atoms with van der Waals surface area (Å²) < 4.78 is 1.84. The quantitative estimate of drug-likeness (QED) is 0.791. The summed E-state index contributed by atoms with van der Waals surface area (Å²) in [6, 6.07) is 15.5. The smallest absolute Gasteiger partial charge is 0.246 e. The molecule has 1 aromatic heterocycles. The highest BCUT2D eigenvalue weighted by molar-refractivity contribution is 6.03. The van der Waals surface area contributed by atoms with Gasteiger partial charge in [0.25, 0.3) is 0 Å². The molecule has 0 spiro atoms. The fourth-order valence-electron chi connectivity index (χ4n) is 3.42. The van der Waals surface area contributed by atoms with Gasteiger partial charge in [-0.1, -0.05) is 30.3 Å². The molecule has 3 aromatic rings. The van der Waals surface area contributed by atoms with Gasteiger partial charge in [-0.2, -0.15) is 0 Å². The van der Waals surface area contributed by atoms with Crippen LogP contribution in [0.25, 0.3) is 11.0 Å². The third-order valence-electron chi connectivity index (χ3n) is 4.76. The average Bonchev–Trinajstić information content (AvgIpc) is 2.86. The van der Waals surface area contributed by atoms with E-state index in [2.05, 4.69) is 10.3 Å². The maximum atomic E-state index is 12.6. The van der Waals surface area contributed by atoms with Crippen molar-refractivity contribution in [3.05, 3.63) is 54.1 Å². The first-order valence-corrected chi connectivity index (χ1v) is 8.73. The standard InChI is InChI=1S/C20H20N4O2/c1-23-17-11-5-3-9-15(17)21-20(23)22-18(25)13-24-16-10-4-2-7-14(16)8-6-12-19(24)26/h2-5,7,9-11H,6,8,12-13H2,1H3,(H,21,22,25). The number of carbonyl (C=O) groups is 2. The molecule has 0 atom stereocenters. The van der Waals surface area contributed by atoms with E-state index in [0.29, 0.717) is 12.4 Å². The van der Waals surface area contributed by atoms with Crippen molar-refractivity contribution in [1.82, 2.24) is 9.55 Å². The molecule has 2 heterocycles. The van der Waals surface area contributed by atoms with Crippen molar-refractivity contribution in [2.24, 2.45) is 7.05 Å². The van der Waals surface area contributed by atoms with Crippen LogP contribution in [0, 0.1) is 0 Å². The summed E-state index contributed by atoms with van der Waals surface area (Å²) in [5, 5.41) is 2.84. The molecule has 0 unspecified atom stereocenters. The minimum absolute atomic E-state index is 0.0148. The molecule has 0 radical (unpaired) electrons. The topological polar surface area (TPSA) is 67.2 Å². The van der Waals surface area contributed by atoms with Crippen molar-refractivity contribution in [3.63, 3.8) is 0 Å². The number of rotatable bonds is 3. The van der Waals surface area contributed by atoms with E-state index < -0.39 is 0 Å². The van der Waals surface area contributed by atoms with Crippen LogP contribution < -0.4 is 10.2 Å². The van der Waals surface area contributed by atoms with Crippen LogP contribution in [0.2, 0.25) is 0 Å². The van der Waals surface area contributed by atoms with Gasteiger partial charge >= 0.3 is 0 Å². The lowest BCUT2D eigenvalue weighted by Gasteiger charge is -2.22. The molecule has 0 aliphatic carbocycles. The zero-order valence-electron chi connectivity index (χ0n) is 14.6. The van der Waals surface area contributed by atoms with Gasteiger partial charge in [-0.05, 0) is 36.6 Å². The van der Waals surface area contributed by atoms with E-state index >= 15 is 0 Å². The Kier molecular flexibility index (Phi) is 4.16. The number of aromatic nitrogens is 2. The van der Waals surface area contributed by atoms with Gasteiger partial charge in [-0.3, -0.25) is 14.9 Å². The Morgan fingerprint density at radius 1 is 1.12 bits per heavy atom. The number of hydrogen-bond acceptors (Lipinski definition) is 3. The Labute approximate surface area is 151 Å². The number of anilines is 2. The van der Waals surface area contributed by atoms with Crippen LogP contribution in [0.15, 0.2) is 48.5 Å². The Hall–Kier alpha value is -3.15. The first kappa shape index (κ1) is 16.3. The third kappa shape index (κ3) is 2.94. The fraction of sp³-hybridized carbons (Fsp3) is 0.250. The second-order valence-corrected chi connectivity index (χ2v) is 6.49. The van der Waals surface area contributed by atoms with E-state index in [9.17, 15) is 9.59 Å². The number of hydrogen-bond donors (Lipinski definition) is 1. The van der Waals surface area contributed by atoms with Crippen molar-refractivity contribution in [1.29, 1.82) is 0 Å². The number of imidazole rings is 1. The number of nitrogens with zero attached hydrogens (tertiary/aromatic N) is 3. The normalized spacial score (nSPS) is 14.2. The highest BCUT2D eigenvalue weighted by Crippen LogP contribution is 2.26. The van der Waals surface area contributed by atoms with E-state index in [1.807, 2.05) is 60.1 Å².